The van der Waals surface area contributed by atoms with Crippen LogP contribution in [-0.4, -0.2) is 34.8 Å². The zero-order valence-electron chi connectivity index (χ0n) is 21.4. The van der Waals surface area contributed by atoms with Gasteiger partial charge in [0.05, 0.1) is 18.7 Å². The Kier molecular flexibility index (Phi) is 6.85. The number of benzene rings is 2. The van der Waals surface area contributed by atoms with Crippen LogP contribution in [0.15, 0.2) is 72.6 Å². The topological polar surface area (TPSA) is 109 Å². The van der Waals surface area contributed by atoms with Crippen molar-refractivity contribution in [3.8, 4) is 5.75 Å². The molecule has 3 aromatic rings. The van der Waals surface area contributed by atoms with Gasteiger partial charge in [-0.3, -0.25) is 24.3 Å². The van der Waals surface area contributed by atoms with Crippen LogP contribution < -0.4 is 15.0 Å². The maximum Gasteiger partial charge on any atom is 0.300 e. The predicted octanol–water partition coefficient (Wildman–Crippen LogP) is 4.97. The van der Waals surface area contributed by atoms with E-state index in [0.717, 1.165) is 5.56 Å². The molecule has 0 aliphatic carbocycles. The Balaban J connectivity index is 1.89. The predicted molar refractivity (Wildman–Crippen MR) is 141 cm³/mol. The second-order valence-electron chi connectivity index (χ2n) is 9.85. The summed E-state index contributed by atoms with van der Waals surface area (Å²) >= 11 is 0. The third-order valence-electron chi connectivity index (χ3n) is 6.19. The molecule has 4 rings (SSSR count). The van der Waals surface area contributed by atoms with Crippen molar-refractivity contribution < 1.29 is 24.2 Å². The van der Waals surface area contributed by atoms with Crippen LogP contribution >= 0.6 is 0 Å². The number of aromatic nitrogens is 1. The molecule has 37 heavy (non-hydrogen) atoms. The smallest absolute Gasteiger partial charge is 0.300 e. The van der Waals surface area contributed by atoms with Gasteiger partial charge in [-0.1, -0.05) is 26.8 Å². The van der Waals surface area contributed by atoms with E-state index in [1.165, 1.54) is 11.8 Å². The molecule has 2 heterocycles. The molecule has 1 aliphatic heterocycles. The number of Topliss-reactive ketones (excluding diaryl/α,β-unsaturated/α-hetero) is 1. The van der Waals surface area contributed by atoms with Crippen molar-refractivity contribution in [2.45, 2.75) is 39.2 Å². The fourth-order valence-electron chi connectivity index (χ4n) is 4.46. The highest BCUT2D eigenvalue weighted by atomic mass is 16.5. The van der Waals surface area contributed by atoms with E-state index in [0.29, 0.717) is 28.3 Å². The van der Waals surface area contributed by atoms with Gasteiger partial charge in [-0.25, -0.2) is 0 Å². The van der Waals surface area contributed by atoms with Gasteiger partial charge in [0.25, 0.3) is 11.7 Å². The largest absolute Gasteiger partial charge is 0.507 e. The molecule has 1 aliphatic rings. The van der Waals surface area contributed by atoms with E-state index in [2.05, 4.69) is 10.3 Å². The molecule has 1 aromatic heterocycles. The minimum absolute atomic E-state index is 0.0334. The van der Waals surface area contributed by atoms with Gasteiger partial charge in [0.15, 0.2) is 0 Å². The number of hydrogen-bond acceptors (Lipinski definition) is 6. The van der Waals surface area contributed by atoms with Crippen molar-refractivity contribution in [2.24, 2.45) is 0 Å². The number of aliphatic hydroxyl groups excluding tert-OH is 1. The summed E-state index contributed by atoms with van der Waals surface area (Å²) in [6, 6.07) is 14.3. The third kappa shape index (κ3) is 4.95. The number of pyridine rings is 1. The SMILES string of the molecule is COc1ccc(/C(O)=C2/C(=O)C(=O)N(c3ccc(NC(C)=O)cc3)C2c2cccnc2)cc1C(C)(C)C. The van der Waals surface area contributed by atoms with Crippen molar-refractivity contribution >= 4 is 34.7 Å². The number of carbonyl (C=O) groups excluding carboxylic acids is 3. The van der Waals surface area contributed by atoms with E-state index < -0.39 is 17.7 Å². The summed E-state index contributed by atoms with van der Waals surface area (Å²) in [5.41, 5.74) is 2.48. The zero-order chi connectivity index (χ0) is 26.9. The number of ether oxygens (including phenoxy) is 1. The van der Waals surface area contributed by atoms with Crippen LogP contribution in [0.5, 0.6) is 5.75 Å². The standard InChI is InChI=1S/C29H29N3O5/c1-17(33)31-20-9-11-21(12-10-20)32-25(19-7-6-14-30-16-19)24(27(35)28(32)36)26(34)18-8-13-23(37-5)22(15-18)29(2,3)4/h6-16,25,34H,1-5H3,(H,31,33)/b26-24-. The van der Waals surface area contributed by atoms with Gasteiger partial charge >= 0.3 is 0 Å². The lowest BCUT2D eigenvalue weighted by Gasteiger charge is -2.26. The van der Waals surface area contributed by atoms with E-state index in [4.69, 9.17) is 4.74 Å². The molecule has 2 N–H and O–H groups in total. The molecule has 1 unspecified atom stereocenters. The highest BCUT2D eigenvalue weighted by Crippen LogP contribution is 2.43. The van der Waals surface area contributed by atoms with Crippen LogP contribution in [-0.2, 0) is 19.8 Å². The molecule has 190 valence electrons. The quantitative estimate of drug-likeness (QED) is 0.291. The van der Waals surface area contributed by atoms with E-state index in [1.807, 2.05) is 20.8 Å². The first kappa shape index (κ1) is 25.6. The maximum atomic E-state index is 13.4. The molecule has 1 atom stereocenters. The van der Waals surface area contributed by atoms with E-state index in [-0.39, 0.29) is 22.7 Å². The average molecular weight is 500 g/mol. The molecule has 0 saturated carbocycles. The third-order valence-corrected chi connectivity index (χ3v) is 6.19. The van der Waals surface area contributed by atoms with Gasteiger partial charge in [-0.05, 0) is 59.5 Å². The van der Waals surface area contributed by atoms with E-state index >= 15 is 0 Å². The van der Waals surface area contributed by atoms with Gasteiger partial charge in [-0.15, -0.1) is 0 Å². The number of anilines is 2. The summed E-state index contributed by atoms with van der Waals surface area (Å²) in [5.74, 6) is -1.42. The number of aliphatic hydroxyl groups is 1. The lowest BCUT2D eigenvalue weighted by molar-refractivity contribution is -0.132. The van der Waals surface area contributed by atoms with Gasteiger partial charge in [0.2, 0.25) is 5.91 Å². The Morgan fingerprint density at radius 2 is 1.78 bits per heavy atom. The van der Waals surface area contributed by atoms with Crippen LogP contribution in [0, 0.1) is 0 Å². The van der Waals surface area contributed by atoms with E-state index in [1.54, 1.807) is 74.1 Å². The zero-order valence-corrected chi connectivity index (χ0v) is 21.4. The highest BCUT2D eigenvalue weighted by molar-refractivity contribution is 6.51. The van der Waals surface area contributed by atoms with Crippen LogP contribution in [0.4, 0.5) is 11.4 Å². The lowest BCUT2D eigenvalue weighted by Crippen LogP contribution is -2.29. The molecule has 2 amide bonds. The molecule has 1 saturated heterocycles. The Hall–Kier alpha value is -4.46. The first-order chi connectivity index (χ1) is 17.5. The second kappa shape index (κ2) is 9.89. The number of rotatable bonds is 5. The molecular formula is C29H29N3O5. The van der Waals surface area contributed by atoms with Crippen molar-refractivity contribution in [3.63, 3.8) is 0 Å². The Morgan fingerprint density at radius 3 is 2.35 bits per heavy atom. The number of amides is 2. The van der Waals surface area contributed by atoms with Crippen LogP contribution in [0.1, 0.15) is 50.4 Å². The monoisotopic (exact) mass is 499 g/mol. The summed E-state index contributed by atoms with van der Waals surface area (Å²) in [6.45, 7) is 7.47. The minimum Gasteiger partial charge on any atom is -0.507 e. The molecular weight excluding hydrogens is 470 g/mol. The molecule has 0 bridgehead atoms. The van der Waals surface area contributed by atoms with Crippen molar-refractivity contribution in [2.75, 3.05) is 17.3 Å². The fourth-order valence-corrected chi connectivity index (χ4v) is 4.46. The van der Waals surface area contributed by atoms with Gasteiger partial charge in [0.1, 0.15) is 11.5 Å². The normalized spacial score (nSPS) is 17.1. The van der Waals surface area contributed by atoms with Crippen LogP contribution in [0.25, 0.3) is 5.76 Å². The highest BCUT2D eigenvalue weighted by Gasteiger charge is 2.47. The fraction of sp³-hybridized carbons (Fsp3) is 0.241. The Labute approximate surface area is 215 Å². The number of hydrogen-bond donors (Lipinski definition) is 2. The molecule has 2 aromatic carbocycles. The van der Waals surface area contributed by atoms with Gasteiger partial charge in [0, 0.05) is 41.8 Å². The minimum atomic E-state index is -0.902. The summed E-state index contributed by atoms with van der Waals surface area (Å²) in [5, 5.41) is 14.2. The second-order valence-corrected chi connectivity index (χ2v) is 9.85. The van der Waals surface area contributed by atoms with Crippen LogP contribution in [0.3, 0.4) is 0 Å². The summed E-state index contributed by atoms with van der Waals surface area (Å²) in [6.07, 6.45) is 3.16. The van der Waals surface area contributed by atoms with Crippen LogP contribution in [0.2, 0.25) is 0 Å². The van der Waals surface area contributed by atoms with Gasteiger partial charge in [-0.2, -0.15) is 0 Å². The number of nitrogens with one attached hydrogen (secondary N) is 1. The molecule has 0 radical (unpaired) electrons. The maximum absolute atomic E-state index is 13.4. The molecule has 0 spiro atoms. The summed E-state index contributed by atoms with van der Waals surface area (Å²) < 4.78 is 5.51. The lowest BCUT2D eigenvalue weighted by atomic mass is 9.84. The number of nitrogens with zero attached hydrogens (tertiary/aromatic N) is 2. The van der Waals surface area contributed by atoms with E-state index in [9.17, 15) is 19.5 Å². The summed E-state index contributed by atoms with van der Waals surface area (Å²) in [7, 11) is 1.58. The number of carbonyl (C=O) groups is 3. The summed E-state index contributed by atoms with van der Waals surface area (Å²) in [4.78, 5) is 43.7. The van der Waals surface area contributed by atoms with Crippen molar-refractivity contribution in [1.82, 2.24) is 4.98 Å². The Morgan fingerprint density at radius 1 is 1.08 bits per heavy atom. The average Bonchev–Trinajstić information content (AvgIpc) is 3.13. The molecule has 8 heteroatoms. The molecule has 1 fully saturated rings. The van der Waals surface area contributed by atoms with Crippen molar-refractivity contribution in [1.29, 1.82) is 0 Å². The first-order valence-electron chi connectivity index (χ1n) is 11.8. The van der Waals surface area contributed by atoms with Gasteiger partial charge < -0.3 is 15.2 Å². The number of ketones is 1. The first-order valence-corrected chi connectivity index (χ1v) is 11.8. The Bertz CT molecular complexity index is 1390. The number of methoxy groups -OCH3 is 1. The van der Waals surface area contributed by atoms with Crippen molar-refractivity contribution in [3.05, 3.63) is 89.3 Å². The molecule has 8 nitrogen and oxygen atoms in total.